The fraction of sp³-hybridized carbons (Fsp3) is 0.900. The van der Waals surface area contributed by atoms with E-state index in [0.717, 1.165) is 18.2 Å². The quantitative estimate of drug-likeness (QED) is 0.553. The van der Waals surface area contributed by atoms with Crippen molar-refractivity contribution in [2.45, 2.75) is 52.4 Å². The molecule has 0 radical (unpaired) electrons. The molecule has 80 valence electrons. The van der Waals surface area contributed by atoms with E-state index in [-0.39, 0.29) is 0 Å². The summed E-state index contributed by atoms with van der Waals surface area (Å²) in [7, 11) is 0. The van der Waals surface area contributed by atoms with Crippen molar-refractivity contribution < 1.29 is 9.90 Å². The number of unbranched alkanes of at least 4 members (excludes halogenated alkanes) is 4. The molecule has 0 saturated carbocycles. The first kappa shape index (κ1) is 15.4. The molecule has 0 aliphatic heterocycles. The lowest BCUT2D eigenvalue weighted by Crippen LogP contribution is -1.93. The van der Waals surface area contributed by atoms with Gasteiger partial charge in [-0.1, -0.05) is 49.0 Å². The SMILES string of the molecule is CC.O=C(O)CCCCCCCBr. The summed E-state index contributed by atoms with van der Waals surface area (Å²) in [5, 5.41) is 9.37. The molecule has 0 atom stereocenters. The topological polar surface area (TPSA) is 37.3 Å². The lowest BCUT2D eigenvalue weighted by molar-refractivity contribution is -0.137. The van der Waals surface area contributed by atoms with Gasteiger partial charge in [0, 0.05) is 11.8 Å². The molecule has 0 heterocycles. The number of carboxylic acids is 1. The number of alkyl halides is 1. The second-order valence-corrected chi connectivity index (χ2v) is 3.39. The number of carbonyl (C=O) groups is 1. The predicted molar refractivity (Wildman–Crippen MR) is 60.5 cm³/mol. The molecule has 13 heavy (non-hydrogen) atoms. The molecule has 0 aliphatic carbocycles. The first-order valence-corrected chi connectivity index (χ1v) is 6.17. The van der Waals surface area contributed by atoms with Crippen molar-refractivity contribution in [3.8, 4) is 0 Å². The minimum Gasteiger partial charge on any atom is -0.481 e. The average Bonchev–Trinajstić information content (AvgIpc) is 2.14. The first-order chi connectivity index (χ1) is 6.27. The number of halogens is 1. The van der Waals surface area contributed by atoms with Crippen LogP contribution >= 0.6 is 15.9 Å². The van der Waals surface area contributed by atoms with E-state index in [4.69, 9.17) is 5.11 Å². The van der Waals surface area contributed by atoms with E-state index in [9.17, 15) is 4.79 Å². The molecule has 0 aromatic heterocycles. The highest BCUT2D eigenvalue weighted by molar-refractivity contribution is 9.09. The van der Waals surface area contributed by atoms with Gasteiger partial charge in [0.15, 0.2) is 0 Å². The Kier molecular flexibility index (Phi) is 17.2. The van der Waals surface area contributed by atoms with Gasteiger partial charge < -0.3 is 5.11 Å². The van der Waals surface area contributed by atoms with Gasteiger partial charge in [-0.25, -0.2) is 0 Å². The van der Waals surface area contributed by atoms with Gasteiger partial charge in [0.1, 0.15) is 0 Å². The van der Waals surface area contributed by atoms with Crippen molar-refractivity contribution in [2.75, 3.05) is 5.33 Å². The van der Waals surface area contributed by atoms with Gasteiger partial charge in [-0.05, 0) is 12.8 Å². The molecule has 3 heteroatoms. The fourth-order valence-corrected chi connectivity index (χ4v) is 1.30. The van der Waals surface area contributed by atoms with Crippen molar-refractivity contribution in [3.05, 3.63) is 0 Å². The van der Waals surface area contributed by atoms with E-state index in [0.29, 0.717) is 6.42 Å². The first-order valence-electron chi connectivity index (χ1n) is 5.05. The number of hydrogen-bond acceptors (Lipinski definition) is 1. The molecule has 0 saturated heterocycles. The van der Waals surface area contributed by atoms with Gasteiger partial charge in [0.2, 0.25) is 0 Å². The van der Waals surface area contributed by atoms with Crippen LogP contribution in [0.5, 0.6) is 0 Å². The van der Waals surface area contributed by atoms with Crippen LogP contribution in [0.25, 0.3) is 0 Å². The number of hydrogen-bond donors (Lipinski definition) is 1. The summed E-state index contributed by atoms with van der Waals surface area (Å²) in [5.74, 6) is -0.675. The minimum atomic E-state index is -0.675. The van der Waals surface area contributed by atoms with Gasteiger partial charge in [0.25, 0.3) is 0 Å². The molecule has 0 amide bonds. The third kappa shape index (κ3) is 18.7. The Morgan fingerprint density at radius 3 is 2.00 bits per heavy atom. The largest absolute Gasteiger partial charge is 0.481 e. The van der Waals surface area contributed by atoms with Crippen LogP contribution in [-0.4, -0.2) is 16.4 Å². The summed E-state index contributed by atoms with van der Waals surface area (Å²) < 4.78 is 0. The fourth-order valence-electron chi connectivity index (χ4n) is 0.901. The maximum atomic E-state index is 10.1. The molecule has 2 nitrogen and oxygen atoms in total. The Balaban J connectivity index is 0. The molecular weight excluding hydrogens is 232 g/mol. The Morgan fingerprint density at radius 1 is 1.08 bits per heavy atom. The maximum Gasteiger partial charge on any atom is 0.303 e. The second-order valence-electron chi connectivity index (χ2n) is 2.60. The normalized spacial score (nSPS) is 8.85. The summed E-state index contributed by atoms with van der Waals surface area (Å²) in [5.41, 5.74) is 0. The number of aliphatic carboxylic acids is 1. The van der Waals surface area contributed by atoms with Crippen LogP contribution in [0.15, 0.2) is 0 Å². The molecule has 1 N–H and O–H groups in total. The van der Waals surface area contributed by atoms with Crippen molar-refractivity contribution in [1.82, 2.24) is 0 Å². The number of carboxylic acid groups (broad SMARTS) is 1. The molecule has 0 aliphatic rings. The highest BCUT2D eigenvalue weighted by Gasteiger charge is 1.95. The third-order valence-corrected chi connectivity index (χ3v) is 2.09. The lowest BCUT2D eigenvalue weighted by atomic mass is 10.1. The van der Waals surface area contributed by atoms with E-state index >= 15 is 0 Å². The van der Waals surface area contributed by atoms with Crippen LogP contribution in [0.4, 0.5) is 0 Å². The minimum absolute atomic E-state index is 0.328. The van der Waals surface area contributed by atoms with E-state index < -0.39 is 5.97 Å². The summed E-state index contributed by atoms with van der Waals surface area (Å²) >= 11 is 3.35. The van der Waals surface area contributed by atoms with Gasteiger partial charge in [-0.2, -0.15) is 0 Å². The Morgan fingerprint density at radius 2 is 1.54 bits per heavy atom. The van der Waals surface area contributed by atoms with Crippen LogP contribution in [0.1, 0.15) is 52.4 Å². The van der Waals surface area contributed by atoms with E-state index in [2.05, 4.69) is 15.9 Å². The zero-order valence-corrected chi connectivity index (χ0v) is 10.3. The summed E-state index contributed by atoms with van der Waals surface area (Å²) in [6, 6.07) is 0. The van der Waals surface area contributed by atoms with Crippen LogP contribution in [-0.2, 0) is 4.79 Å². The molecule has 0 bridgehead atoms. The Bertz CT molecular complexity index is 105. The molecule has 0 aromatic carbocycles. The van der Waals surface area contributed by atoms with E-state index in [1.165, 1.54) is 19.3 Å². The summed E-state index contributed by atoms with van der Waals surface area (Å²) in [6.45, 7) is 4.00. The zero-order valence-electron chi connectivity index (χ0n) is 8.68. The van der Waals surface area contributed by atoms with Crippen LogP contribution in [0.2, 0.25) is 0 Å². The molecule has 0 spiro atoms. The molecule has 0 aromatic rings. The predicted octanol–water partition coefficient (Wildman–Crippen LogP) is 3.83. The zero-order chi connectivity index (χ0) is 10.5. The van der Waals surface area contributed by atoms with Crippen molar-refractivity contribution >= 4 is 21.9 Å². The second kappa shape index (κ2) is 14.5. The Hall–Kier alpha value is -0.0500. The molecular formula is C10H21BrO2. The van der Waals surface area contributed by atoms with Crippen LogP contribution in [0.3, 0.4) is 0 Å². The number of rotatable bonds is 7. The lowest BCUT2D eigenvalue weighted by Gasteiger charge is -1.96. The van der Waals surface area contributed by atoms with E-state index in [1.54, 1.807) is 0 Å². The van der Waals surface area contributed by atoms with Gasteiger partial charge in [-0.3, -0.25) is 4.79 Å². The molecule has 0 unspecified atom stereocenters. The maximum absolute atomic E-state index is 10.1. The molecule has 0 fully saturated rings. The van der Waals surface area contributed by atoms with Gasteiger partial charge in [0.05, 0.1) is 0 Å². The highest BCUT2D eigenvalue weighted by atomic mass is 79.9. The van der Waals surface area contributed by atoms with Crippen molar-refractivity contribution in [3.63, 3.8) is 0 Å². The van der Waals surface area contributed by atoms with Crippen molar-refractivity contribution in [2.24, 2.45) is 0 Å². The molecule has 0 rings (SSSR count). The van der Waals surface area contributed by atoms with Crippen LogP contribution < -0.4 is 0 Å². The van der Waals surface area contributed by atoms with Gasteiger partial charge in [-0.15, -0.1) is 0 Å². The summed E-state index contributed by atoms with van der Waals surface area (Å²) in [6.07, 6.45) is 5.79. The van der Waals surface area contributed by atoms with E-state index in [1.807, 2.05) is 13.8 Å². The average molecular weight is 253 g/mol. The third-order valence-electron chi connectivity index (χ3n) is 1.52. The Labute approximate surface area is 89.9 Å². The standard InChI is InChI=1S/C8H15BrO2.C2H6/c9-7-5-3-1-2-4-6-8(10)11;1-2/h1-7H2,(H,10,11);1-2H3. The monoisotopic (exact) mass is 252 g/mol. The highest BCUT2D eigenvalue weighted by Crippen LogP contribution is 2.06. The van der Waals surface area contributed by atoms with Gasteiger partial charge >= 0.3 is 5.97 Å². The smallest absolute Gasteiger partial charge is 0.303 e. The van der Waals surface area contributed by atoms with Crippen LogP contribution in [0, 0.1) is 0 Å². The summed E-state index contributed by atoms with van der Waals surface area (Å²) in [4.78, 5) is 10.1. The van der Waals surface area contributed by atoms with Crippen molar-refractivity contribution in [1.29, 1.82) is 0 Å².